The molecule has 0 aliphatic heterocycles. The third-order valence-corrected chi connectivity index (χ3v) is 3.70. The van der Waals surface area contributed by atoms with Crippen molar-refractivity contribution < 1.29 is 9.13 Å². The standard InChI is InChI=1S/C11H12ClFOS/c12-8-2-1-3-9(13)10(8)14-6-11(7-15)4-5-11/h1-3,15H,4-7H2. The van der Waals surface area contributed by atoms with Crippen molar-refractivity contribution in [3.8, 4) is 5.75 Å². The second-order valence-electron chi connectivity index (χ2n) is 4.00. The first kappa shape index (κ1) is 11.1. The lowest BCUT2D eigenvalue weighted by atomic mass is 10.2. The zero-order valence-corrected chi connectivity index (χ0v) is 9.82. The molecule has 82 valence electrons. The van der Waals surface area contributed by atoms with Crippen molar-refractivity contribution in [3.05, 3.63) is 29.0 Å². The zero-order valence-electron chi connectivity index (χ0n) is 8.17. The summed E-state index contributed by atoms with van der Waals surface area (Å²) in [4.78, 5) is 0. The van der Waals surface area contributed by atoms with Crippen LogP contribution >= 0.6 is 24.2 Å². The highest BCUT2D eigenvalue weighted by Crippen LogP contribution is 2.47. The first-order chi connectivity index (χ1) is 7.17. The zero-order chi connectivity index (χ0) is 10.9. The van der Waals surface area contributed by atoms with E-state index in [0.29, 0.717) is 11.6 Å². The van der Waals surface area contributed by atoms with Crippen molar-refractivity contribution in [1.29, 1.82) is 0 Å². The van der Waals surface area contributed by atoms with Crippen LogP contribution in [0, 0.1) is 11.2 Å². The second kappa shape index (κ2) is 4.22. The lowest BCUT2D eigenvalue weighted by Crippen LogP contribution is -2.15. The fraction of sp³-hybridized carbons (Fsp3) is 0.455. The summed E-state index contributed by atoms with van der Waals surface area (Å²) in [6.07, 6.45) is 2.20. The van der Waals surface area contributed by atoms with Gasteiger partial charge in [-0.3, -0.25) is 0 Å². The number of ether oxygens (including phenoxy) is 1. The molecule has 2 rings (SSSR count). The predicted molar refractivity (Wildman–Crippen MR) is 62.4 cm³/mol. The summed E-state index contributed by atoms with van der Waals surface area (Å²) in [7, 11) is 0. The van der Waals surface area contributed by atoms with E-state index >= 15 is 0 Å². The van der Waals surface area contributed by atoms with Crippen molar-refractivity contribution in [1.82, 2.24) is 0 Å². The van der Waals surface area contributed by atoms with E-state index in [2.05, 4.69) is 12.6 Å². The van der Waals surface area contributed by atoms with E-state index in [-0.39, 0.29) is 11.2 Å². The lowest BCUT2D eigenvalue weighted by Gasteiger charge is -2.14. The molecule has 1 aromatic carbocycles. The number of para-hydroxylation sites is 1. The van der Waals surface area contributed by atoms with Crippen LogP contribution in [-0.4, -0.2) is 12.4 Å². The average Bonchev–Trinajstić information content (AvgIpc) is 2.98. The molecule has 0 spiro atoms. The summed E-state index contributed by atoms with van der Waals surface area (Å²) in [6, 6.07) is 4.54. The van der Waals surface area contributed by atoms with Gasteiger partial charge in [-0.05, 0) is 30.7 Å². The third kappa shape index (κ3) is 2.40. The topological polar surface area (TPSA) is 9.23 Å². The Morgan fingerprint density at radius 1 is 1.47 bits per heavy atom. The number of halogens is 2. The monoisotopic (exact) mass is 246 g/mol. The van der Waals surface area contributed by atoms with Crippen LogP contribution in [0.15, 0.2) is 18.2 Å². The molecule has 0 amide bonds. The summed E-state index contributed by atoms with van der Waals surface area (Å²) in [5.74, 6) is 0.531. The molecule has 1 aliphatic carbocycles. The summed E-state index contributed by atoms with van der Waals surface area (Å²) in [6.45, 7) is 0.497. The molecule has 1 aliphatic rings. The Morgan fingerprint density at radius 2 is 2.20 bits per heavy atom. The van der Waals surface area contributed by atoms with E-state index in [1.165, 1.54) is 6.07 Å². The maximum atomic E-state index is 13.3. The Morgan fingerprint density at radius 3 is 2.73 bits per heavy atom. The number of thiol groups is 1. The quantitative estimate of drug-likeness (QED) is 0.800. The Kier molecular flexibility index (Phi) is 3.12. The molecule has 15 heavy (non-hydrogen) atoms. The molecule has 1 nitrogen and oxygen atoms in total. The highest BCUT2D eigenvalue weighted by Gasteiger charge is 2.42. The molecule has 0 saturated heterocycles. The van der Waals surface area contributed by atoms with Gasteiger partial charge in [0.25, 0.3) is 0 Å². The first-order valence-electron chi connectivity index (χ1n) is 4.85. The molecule has 4 heteroatoms. The SMILES string of the molecule is Fc1cccc(Cl)c1OCC1(CS)CC1. The Bertz CT molecular complexity index is 345. The van der Waals surface area contributed by atoms with Crippen molar-refractivity contribution in [2.75, 3.05) is 12.4 Å². The summed E-state index contributed by atoms with van der Waals surface area (Å²) >= 11 is 10.1. The predicted octanol–water partition coefficient (Wildman–Crippen LogP) is 3.57. The van der Waals surface area contributed by atoms with E-state index in [1.54, 1.807) is 12.1 Å². The van der Waals surface area contributed by atoms with Crippen LogP contribution in [0.25, 0.3) is 0 Å². The van der Waals surface area contributed by atoms with Gasteiger partial charge in [0.05, 0.1) is 11.6 Å². The molecular weight excluding hydrogens is 235 g/mol. The normalized spacial score (nSPS) is 17.5. The van der Waals surface area contributed by atoms with Gasteiger partial charge < -0.3 is 4.74 Å². The molecule has 0 aromatic heterocycles. The second-order valence-corrected chi connectivity index (χ2v) is 4.72. The van der Waals surface area contributed by atoms with Gasteiger partial charge in [-0.15, -0.1) is 0 Å². The molecule has 0 atom stereocenters. The minimum absolute atomic E-state index is 0.148. The number of rotatable bonds is 4. The molecule has 0 unspecified atom stereocenters. The van der Waals surface area contributed by atoms with Crippen LogP contribution < -0.4 is 4.74 Å². The Hall–Kier alpha value is -0.410. The lowest BCUT2D eigenvalue weighted by molar-refractivity contribution is 0.240. The maximum Gasteiger partial charge on any atom is 0.173 e. The van der Waals surface area contributed by atoms with E-state index in [0.717, 1.165) is 18.6 Å². The summed E-state index contributed by atoms with van der Waals surface area (Å²) in [5, 5.41) is 0.324. The van der Waals surface area contributed by atoms with Crippen LogP contribution in [0.2, 0.25) is 5.02 Å². The average molecular weight is 247 g/mol. The fourth-order valence-electron chi connectivity index (χ4n) is 1.37. The molecule has 0 radical (unpaired) electrons. The van der Waals surface area contributed by atoms with Crippen LogP contribution in [0.5, 0.6) is 5.75 Å². The molecular formula is C11H12ClFOS. The van der Waals surface area contributed by atoms with Gasteiger partial charge in [-0.25, -0.2) is 4.39 Å². The van der Waals surface area contributed by atoms with E-state index in [4.69, 9.17) is 16.3 Å². The first-order valence-corrected chi connectivity index (χ1v) is 5.86. The van der Waals surface area contributed by atoms with Gasteiger partial charge in [0.1, 0.15) is 0 Å². The summed E-state index contributed by atoms with van der Waals surface area (Å²) < 4.78 is 18.8. The van der Waals surface area contributed by atoms with Gasteiger partial charge >= 0.3 is 0 Å². The van der Waals surface area contributed by atoms with Crippen molar-refractivity contribution in [2.45, 2.75) is 12.8 Å². The van der Waals surface area contributed by atoms with Crippen molar-refractivity contribution >= 4 is 24.2 Å². The largest absolute Gasteiger partial charge is 0.488 e. The molecule has 1 saturated carbocycles. The van der Waals surface area contributed by atoms with Gasteiger partial charge in [0.2, 0.25) is 0 Å². The van der Waals surface area contributed by atoms with Crippen molar-refractivity contribution in [2.24, 2.45) is 5.41 Å². The molecule has 0 bridgehead atoms. The minimum Gasteiger partial charge on any atom is -0.488 e. The highest BCUT2D eigenvalue weighted by atomic mass is 35.5. The smallest absolute Gasteiger partial charge is 0.173 e. The fourth-order valence-corrected chi connectivity index (χ4v) is 2.00. The summed E-state index contributed by atoms with van der Waals surface area (Å²) in [5.41, 5.74) is 0.148. The van der Waals surface area contributed by atoms with E-state index in [1.807, 2.05) is 0 Å². The van der Waals surface area contributed by atoms with Gasteiger partial charge in [0, 0.05) is 5.41 Å². The molecule has 0 heterocycles. The Labute approximate surface area is 99.0 Å². The van der Waals surface area contributed by atoms with Gasteiger partial charge in [0.15, 0.2) is 11.6 Å². The van der Waals surface area contributed by atoms with Crippen molar-refractivity contribution in [3.63, 3.8) is 0 Å². The van der Waals surface area contributed by atoms with E-state index < -0.39 is 5.82 Å². The van der Waals surface area contributed by atoms with Crippen LogP contribution in [0.3, 0.4) is 0 Å². The van der Waals surface area contributed by atoms with Gasteiger partial charge in [-0.1, -0.05) is 17.7 Å². The molecule has 1 fully saturated rings. The van der Waals surface area contributed by atoms with Crippen LogP contribution in [-0.2, 0) is 0 Å². The number of hydrogen-bond donors (Lipinski definition) is 1. The number of hydrogen-bond acceptors (Lipinski definition) is 2. The van der Waals surface area contributed by atoms with Gasteiger partial charge in [-0.2, -0.15) is 12.6 Å². The van der Waals surface area contributed by atoms with Crippen LogP contribution in [0.1, 0.15) is 12.8 Å². The van der Waals surface area contributed by atoms with Crippen LogP contribution in [0.4, 0.5) is 4.39 Å². The minimum atomic E-state index is -0.405. The molecule has 1 aromatic rings. The maximum absolute atomic E-state index is 13.3. The molecule has 0 N–H and O–H groups in total. The highest BCUT2D eigenvalue weighted by molar-refractivity contribution is 7.80. The third-order valence-electron chi connectivity index (χ3n) is 2.73. The number of benzene rings is 1. The Balaban J connectivity index is 2.05. The van der Waals surface area contributed by atoms with E-state index in [9.17, 15) is 4.39 Å².